The van der Waals surface area contributed by atoms with Gasteiger partial charge in [0.25, 0.3) is 0 Å². The standard InChI is InChI=1S/C15H23NOS/c1-15(2,17)12-16-9-8-13(10-16)11-18-14-6-4-3-5-7-14/h3-7,13,17H,8-12H2,1-2H3/t13-/m0/s1. The molecule has 0 aliphatic carbocycles. The smallest absolute Gasteiger partial charge is 0.0718 e. The number of hydrogen-bond donors (Lipinski definition) is 1. The van der Waals surface area contributed by atoms with E-state index in [1.54, 1.807) is 0 Å². The monoisotopic (exact) mass is 265 g/mol. The first-order valence-corrected chi connectivity index (χ1v) is 7.64. The van der Waals surface area contributed by atoms with Crippen molar-refractivity contribution in [1.82, 2.24) is 4.90 Å². The number of aliphatic hydroxyl groups is 1. The summed E-state index contributed by atoms with van der Waals surface area (Å²) in [6.07, 6.45) is 1.26. The Bertz CT molecular complexity index is 361. The van der Waals surface area contributed by atoms with E-state index in [2.05, 4.69) is 35.2 Å². The predicted octanol–water partition coefficient (Wildman–Crippen LogP) is 2.87. The number of nitrogens with zero attached hydrogens (tertiary/aromatic N) is 1. The van der Waals surface area contributed by atoms with E-state index in [1.807, 2.05) is 25.6 Å². The highest BCUT2D eigenvalue weighted by Crippen LogP contribution is 2.26. The number of rotatable bonds is 5. The molecule has 18 heavy (non-hydrogen) atoms. The Morgan fingerprint density at radius 1 is 1.33 bits per heavy atom. The third-order valence-corrected chi connectivity index (χ3v) is 4.45. The summed E-state index contributed by atoms with van der Waals surface area (Å²) in [5.41, 5.74) is -0.568. The summed E-state index contributed by atoms with van der Waals surface area (Å²) in [7, 11) is 0. The lowest BCUT2D eigenvalue weighted by Crippen LogP contribution is -2.37. The highest BCUT2D eigenvalue weighted by atomic mass is 32.2. The molecule has 100 valence electrons. The molecule has 3 heteroatoms. The van der Waals surface area contributed by atoms with Gasteiger partial charge in [0.05, 0.1) is 5.60 Å². The fourth-order valence-electron chi connectivity index (χ4n) is 2.47. The molecule has 0 saturated carbocycles. The largest absolute Gasteiger partial charge is 0.389 e. The van der Waals surface area contributed by atoms with Gasteiger partial charge in [0.2, 0.25) is 0 Å². The summed E-state index contributed by atoms with van der Waals surface area (Å²) in [5.74, 6) is 1.95. The van der Waals surface area contributed by atoms with Crippen LogP contribution in [0, 0.1) is 5.92 Å². The molecule has 1 aromatic carbocycles. The molecule has 0 amide bonds. The fourth-order valence-corrected chi connectivity index (χ4v) is 3.52. The lowest BCUT2D eigenvalue weighted by Gasteiger charge is -2.25. The van der Waals surface area contributed by atoms with Gasteiger partial charge < -0.3 is 10.0 Å². The van der Waals surface area contributed by atoms with Crippen molar-refractivity contribution in [1.29, 1.82) is 0 Å². The molecule has 2 nitrogen and oxygen atoms in total. The second kappa shape index (κ2) is 6.09. The third-order valence-electron chi connectivity index (χ3n) is 3.21. The van der Waals surface area contributed by atoms with Crippen LogP contribution in [0.25, 0.3) is 0 Å². The van der Waals surface area contributed by atoms with Crippen LogP contribution in [0.4, 0.5) is 0 Å². The molecule has 1 heterocycles. The third kappa shape index (κ3) is 4.63. The molecular weight excluding hydrogens is 242 g/mol. The van der Waals surface area contributed by atoms with Crippen molar-refractivity contribution in [3.63, 3.8) is 0 Å². The van der Waals surface area contributed by atoms with Crippen LogP contribution in [-0.2, 0) is 0 Å². The van der Waals surface area contributed by atoms with Crippen LogP contribution in [0.5, 0.6) is 0 Å². The zero-order chi connectivity index (χ0) is 13.0. The molecule has 1 atom stereocenters. The minimum atomic E-state index is -0.568. The molecule has 1 fully saturated rings. The Labute approximate surface area is 114 Å². The van der Waals surface area contributed by atoms with Crippen LogP contribution in [0.3, 0.4) is 0 Å². The number of benzene rings is 1. The molecule has 2 rings (SSSR count). The predicted molar refractivity (Wildman–Crippen MR) is 78.0 cm³/mol. The van der Waals surface area contributed by atoms with Gasteiger partial charge in [-0.2, -0.15) is 0 Å². The van der Waals surface area contributed by atoms with Gasteiger partial charge in [0.15, 0.2) is 0 Å². The lowest BCUT2D eigenvalue weighted by atomic mass is 10.1. The van der Waals surface area contributed by atoms with Crippen LogP contribution in [0.15, 0.2) is 35.2 Å². The van der Waals surface area contributed by atoms with Gasteiger partial charge in [-0.05, 0) is 44.9 Å². The van der Waals surface area contributed by atoms with E-state index in [1.165, 1.54) is 17.1 Å². The minimum Gasteiger partial charge on any atom is -0.389 e. The number of β-amino-alcohol motifs (C(OH)–C–C–N with tert-alkyl or cyclic N) is 1. The topological polar surface area (TPSA) is 23.5 Å². The van der Waals surface area contributed by atoms with Crippen molar-refractivity contribution >= 4 is 11.8 Å². The average molecular weight is 265 g/mol. The van der Waals surface area contributed by atoms with E-state index in [-0.39, 0.29) is 0 Å². The Morgan fingerprint density at radius 2 is 2.06 bits per heavy atom. The Morgan fingerprint density at radius 3 is 2.72 bits per heavy atom. The average Bonchev–Trinajstić information content (AvgIpc) is 2.73. The van der Waals surface area contributed by atoms with E-state index in [4.69, 9.17) is 0 Å². The summed E-state index contributed by atoms with van der Waals surface area (Å²) in [5, 5.41) is 9.83. The molecule has 1 saturated heterocycles. The maximum Gasteiger partial charge on any atom is 0.0718 e. The summed E-state index contributed by atoms with van der Waals surface area (Å²) >= 11 is 1.95. The van der Waals surface area contributed by atoms with E-state index >= 15 is 0 Å². The van der Waals surface area contributed by atoms with E-state index in [0.717, 1.165) is 25.6 Å². The molecule has 1 aliphatic rings. The van der Waals surface area contributed by atoms with Crippen LogP contribution in [-0.4, -0.2) is 41.0 Å². The first-order valence-electron chi connectivity index (χ1n) is 6.65. The highest BCUT2D eigenvalue weighted by Gasteiger charge is 2.26. The van der Waals surface area contributed by atoms with Gasteiger partial charge in [-0.25, -0.2) is 0 Å². The van der Waals surface area contributed by atoms with E-state index in [9.17, 15) is 5.11 Å². The molecular formula is C15H23NOS. The van der Waals surface area contributed by atoms with Crippen LogP contribution < -0.4 is 0 Å². The molecule has 1 aromatic rings. The maximum absolute atomic E-state index is 9.83. The fraction of sp³-hybridized carbons (Fsp3) is 0.600. The Hall–Kier alpha value is -0.510. The van der Waals surface area contributed by atoms with Crippen molar-refractivity contribution in [2.24, 2.45) is 5.92 Å². The van der Waals surface area contributed by atoms with Gasteiger partial charge in [-0.1, -0.05) is 18.2 Å². The summed E-state index contributed by atoms with van der Waals surface area (Å²) in [6.45, 7) is 6.82. The van der Waals surface area contributed by atoms with Gasteiger partial charge >= 0.3 is 0 Å². The first kappa shape index (κ1) is 13.9. The zero-order valence-corrected chi connectivity index (χ0v) is 12.1. The second-order valence-electron chi connectivity index (χ2n) is 5.83. The quantitative estimate of drug-likeness (QED) is 0.828. The van der Waals surface area contributed by atoms with E-state index < -0.39 is 5.60 Å². The van der Waals surface area contributed by atoms with Crippen molar-refractivity contribution < 1.29 is 5.11 Å². The van der Waals surface area contributed by atoms with Crippen molar-refractivity contribution in [3.05, 3.63) is 30.3 Å². The number of hydrogen-bond acceptors (Lipinski definition) is 3. The van der Waals surface area contributed by atoms with Gasteiger partial charge in [-0.15, -0.1) is 11.8 Å². The maximum atomic E-state index is 9.83. The second-order valence-corrected chi connectivity index (χ2v) is 6.92. The summed E-state index contributed by atoms with van der Waals surface area (Å²) < 4.78 is 0. The highest BCUT2D eigenvalue weighted by molar-refractivity contribution is 7.99. The molecule has 1 aliphatic heterocycles. The van der Waals surface area contributed by atoms with Crippen LogP contribution in [0.1, 0.15) is 20.3 Å². The Balaban J connectivity index is 1.73. The van der Waals surface area contributed by atoms with Crippen molar-refractivity contribution in [2.75, 3.05) is 25.4 Å². The van der Waals surface area contributed by atoms with Crippen molar-refractivity contribution in [3.8, 4) is 0 Å². The molecule has 0 spiro atoms. The van der Waals surface area contributed by atoms with Crippen molar-refractivity contribution in [2.45, 2.75) is 30.8 Å². The number of likely N-dealkylation sites (tertiary alicyclic amines) is 1. The lowest BCUT2D eigenvalue weighted by molar-refractivity contribution is 0.0431. The summed E-state index contributed by atoms with van der Waals surface area (Å²) in [4.78, 5) is 3.74. The SMILES string of the molecule is CC(C)(O)CN1CC[C@H](CSc2ccccc2)C1. The number of thioether (sulfide) groups is 1. The van der Waals surface area contributed by atoms with Gasteiger partial charge in [-0.3, -0.25) is 0 Å². The van der Waals surface area contributed by atoms with E-state index in [0.29, 0.717) is 0 Å². The van der Waals surface area contributed by atoms with Gasteiger partial charge in [0, 0.05) is 23.7 Å². The van der Waals surface area contributed by atoms with Crippen LogP contribution in [0.2, 0.25) is 0 Å². The zero-order valence-electron chi connectivity index (χ0n) is 11.3. The summed E-state index contributed by atoms with van der Waals surface area (Å²) in [6, 6.07) is 10.6. The van der Waals surface area contributed by atoms with Crippen LogP contribution >= 0.6 is 11.8 Å². The molecule has 0 aromatic heterocycles. The Kier molecular flexibility index (Phi) is 4.71. The molecule has 1 N–H and O–H groups in total. The minimum absolute atomic E-state index is 0.568. The molecule has 0 bridgehead atoms. The molecule has 0 radical (unpaired) electrons. The van der Waals surface area contributed by atoms with Gasteiger partial charge in [0.1, 0.15) is 0 Å². The first-order chi connectivity index (χ1) is 8.53. The normalized spacial score (nSPS) is 21.4. The molecule has 0 unspecified atom stereocenters.